The first-order valence-electron chi connectivity index (χ1n) is 22.3. The van der Waals surface area contributed by atoms with E-state index in [0.717, 1.165) is 23.3 Å². The largest absolute Gasteiger partial charge is 0.480 e. The number of aliphatic carboxylic acids is 1. The third kappa shape index (κ3) is 19.9. The quantitative estimate of drug-likeness (QED) is 0.0720. The number of hydrogen-bond acceptors (Lipinski definition) is 7. The van der Waals surface area contributed by atoms with Gasteiger partial charge in [0.2, 0.25) is 11.7 Å². The number of ketones is 1. The molecule has 8 rings (SSSR count). The van der Waals surface area contributed by atoms with E-state index >= 15 is 0 Å². The van der Waals surface area contributed by atoms with Gasteiger partial charge in [-0.25, -0.2) is 13.2 Å². The Labute approximate surface area is 440 Å². The van der Waals surface area contributed by atoms with Gasteiger partial charge in [-0.2, -0.15) is 4.39 Å². The van der Waals surface area contributed by atoms with Crippen LogP contribution in [-0.2, 0) is 55.0 Å². The van der Waals surface area contributed by atoms with Gasteiger partial charge in [0.1, 0.15) is 40.5 Å². The second-order valence-corrected chi connectivity index (χ2v) is 17.5. The minimum atomic E-state index is -1.34. The molecule has 0 unspecified atom stereocenters. The zero-order valence-corrected chi connectivity index (χ0v) is 42.1. The van der Waals surface area contributed by atoms with Crippen LogP contribution in [0.2, 0.25) is 10.0 Å². The van der Waals surface area contributed by atoms with E-state index in [2.05, 4.69) is 10.2 Å². The van der Waals surface area contributed by atoms with Crippen LogP contribution in [0.25, 0.3) is 4.85 Å². The van der Waals surface area contributed by atoms with Gasteiger partial charge in [0.05, 0.1) is 31.1 Å². The maximum absolute atomic E-state index is 14.5. The first kappa shape index (κ1) is 59.2. The van der Waals surface area contributed by atoms with Crippen molar-refractivity contribution in [3.05, 3.63) is 206 Å². The third-order valence-electron chi connectivity index (χ3n) is 10.8. The lowest BCUT2D eigenvalue weighted by Gasteiger charge is -2.52. The van der Waals surface area contributed by atoms with Crippen LogP contribution >= 0.6 is 46.4 Å². The molecule has 2 fully saturated rings. The summed E-state index contributed by atoms with van der Waals surface area (Å²) in [5, 5.41) is 10.7. The number of carboxylic acids is 1. The topological polar surface area (TPSA) is 153 Å². The summed E-state index contributed by atoms with van der Waals surface area (Å²) in [6.07, 6.45) is 1.44. The second kappa shape index (κ2) is 30.6. The first-order valence-corrected chi connectivity index (χ1v) is 24.1. The maximum Gasteiger partial charge on any atom is 0.375 e. The zero-order chi connectivity index (χ0) is 53.3. The molecular formula is C54H51Cl4F4N4O7+. The monoisotopic (exact) mass is 1080 g/mol. The number of anilines is 1. The first-order chi connectivity index (χ1) is 35.0. The number of amides is 2. The smallest absolute Gasteiger partial charge is 0.375 e. The Morgan fingerprint density at radius 1 is 0.685 bits per heavy atom. The summed E-state index contributed by atoms with van der Waals surface area (Å²) in [5.41, 5.74) is 7.71. The fourth-order valence-electron chi connectivity index (χ4n) is 6.84. The minimum Gasteiger partial charge on any atom is -0.480 e. The molecule has 0 aliphatic heterocycles. The molecule has 2 aliphatic rings. The van der Waals surface area contributed by atoms with Crippen molar-refractivity contribution in [1.29, 1.82) is 0 Å². The predicted octanol–water partition coefficient (Wildman–Crippen LogP) is 12.5. The molecule has 384 valence electrons. The van der Waals surface area contributed by atoms with Gasteiger partial charge in [-0.05, 0) is 75.6 Å². The number of carboxylic acid groups (broad SMARTS) is 1. The fraction of sp³-hybridized carbons (Fsp3) is 0.241. The molecule has 19 heteroatoms. The van der Waals surface area contributed by atoms with Gasteiger partial charge in [0, 0.05) is 61.0 Å². The van der Waals surface area contributed by atoms with Crippen LogP contribution in [0.1, 0.15) is 47.9 Å². The van der Waals surface area contributed by atoms with Crippen molar-refractivity contribution in [2.24, 2.45) is 5.73 Å². The van der Waals surface area contributed by atoms with Crippen LogP contribution in [0.15, 0.2) is 146 Å². The molecule has 0 aromatic heterocycles. The van der Waals surface area contributed by atoms with Crippen molar-refractivity contribution in [2.45, 2.75) is 69.7 Å². The Morgan fingerprint density at radius 3 is 1.60 bits per heavy atom. The number of carbonyl (C=O) groups is 4. The number of Topliss-reactive ketones (excluding diaryl/α,β-unsaturated/α-hetero) is 1. The van der Waals surface area contributed by atoms with Gasteiger partial charge in [-0.3, -0.25) is 19.2 Å². The van der Waals surface area contributed by atoms with Gasteiger partial charge < -0.3 is 30.5 Å². The summed E-state index contributed by atoms with van der Waals surface area (Å²) in [6.45, 7) is 6.30. The maximum atomic E-state index is 14.5. The molecule has 2 amide bonds. The van der Waals surface area contributed by atoms with E-state index < -0.39 is 40.8 Å². The SMILES string of the molecule is C#[N+]c1ccc(Cl)cc1F.NCc1ccc(F)cc1.O=C(CCl)N(Cc1ccc(F)cc1)C1(C(=O)Nc2ccc(Cl)cc2F)CC(OCc2ccccc2)C1.O=C(O)CCl.O=C1CC(OCc2ccccc2)C1. The second-order valence-electron chi connectivity index (χ2n) is 16.1. The van der Waals surface area contributed by atoms with E-state index in [0.29, 0.717) is 49.0 Å². The molecule has 0 radical (unpaired) electrons. The Balaban J connectivity index is 0.000000250. The summed E-state index contributed by atoms with van der Waals surface area (Å²) in [6, 6.07) is 39.4. The Hall–Kier alpha value is -6.35. The third-order valence-corrected chi connectivity index (χ3v) is 11.7. The molecule has 2 aliphatic carbocycles. The summed E-state index contributed by atoms with van der Waals surface area (Å²) in [5.74, 6) is -4.21. The van der Waals surface area contributed by atoms with Gasteiger partial charge in [0.15, 0.2) is 0 Å². The van der Waals surface area contributed by atoms with E-state index in [-0.39, 0.29) is 65.6 Å². The number of halogens is 8. The number of benzene rings is 6. The zero-order valence-electron chi connectivity index (χ0n) is 39.1. The Bertz CT molecular complexity index is 2750. The van der Waals surface area contributed by atoms with Crippen LogP contribution in [-0.4, -0.2) is 63.1 Å². The van der Waals surface area contributed by atoms with E-state index in [1.54, 1.807) is 12.1 Å². The van der Waals surface area contributed by atoms with Crippen LogP contribution in [0.5, 0.6) is 0 Å². The number of carbonyl (C=O) groups excluding carboxylic acids is 3. The number of alkyl halides is 2. The molecule has 73 heavy (non-hydrogen) atoms. The molecule has 6 aromatic rings. The van der Waals surface area contributed by atoms with Gasteiger partial charge >= 0.3 is 11.7 Å². The highest BCUT2D eigenvalue weighted by Crippen LogP contribution is 2.43. The Morgan fingerprint density at radius 2 is 1.16 bits per heavy atom. The van der Waals surface area contributed by atoms with Crippen LogP contribution in [0.3, 0.4) is 0 Å². The highest BCUT2D eigenvalue weighted by Gasteiger charge is 2.56. The molecular weight excluding hydrogens is 1030 g/mol. The molecule has 0 atom stereocenters. The Kier molecular flexibility index (Phi) is 24.8. The number of nitrogens with two attached hydrogens (primary N) is 1. The molecule has 0 spiro atoms. The summed E-state index contributed by atoms with van der Waals surface area (Å²) < 4.78 is 64.2. The van der Waals surface area contributed by atoms with Crippen LogP contribution in [0, 0.1) is 29.8 Å². The fourth-order valence-corrected chi connectivity index (χ4v) is 7.30. The summed E-state index contributed by atoms with van der Waals surface area (Å²) >= 11 is 21.9. The number of hydrogen-bond donors (Lipinski definition) is 3. The van der Waals surface area contributed by atoms with Crippen molar-refractivity contribution >= 4 is 81.3 Å². The van der Waals surface area contributed by atoms with Gasteiger partial charge in [-0.1, -0.05) is 108 Å². The molecule has 0 bridgehead atoms. The van der Waals surface area contributed by atoms with E-state index in [4.69, 9.17) is 73.3 Å². The lowest BCUT2D eigenvalue weighted by Crippen LogP contribution is -2.67. The lowest BCUT2D eigenvalue weighted by molar-refractivity contribution is -0.165. The van der Waals surface area contributed by atoms with Crippen LogP contribution in [0.4, 0.5) is 28.9 Å². The summed E-state index contributed by atoms with van der Waals surface area (Å²) in [7, 11) is 0. The van der Waals surface area contributed by atoms with E-state index in [1.165, 1.54) is 71.1 Å². The average molecular weight is 1090 g/mol. The van der Waals surface area contributed by atoms with Crippen molar-refractivity contribution in [3.8, 4) is 6.57 Å². The van der Waals surface area contributed by atoms with Crippen LogP contribution < -0.4 is 11.1 Å². The summed E-state index contributed by atoms with van der Waals surface area (Å²) in [4.78, 5) is 51.0. The number of nitrogens with one attached hydrogen (secondary N) is 1. The van der Waals surface area contributed by atoms with E-state index in [1.807, 2.05) is 60.7 Å². The number of rotatable bonds is 14. The highest BCUT2D eigenvalue weighted by atomic mass is 35.5. The van der Waals surface area contributed by atoms with E-state index in [9.17, 15) is 36.7 Å². The molecule has 11 nitrogen and oxygen atoms in total. The van der Waals surface area contributed by atoms with Crippen molar-refractivity contribution in [3.63, 3.8) is 0 Å². The number of ether oxygens (including phenoxy) is 2. The molecule has 2 saturated carbocycles. The molecule has 0 saturated heterocycles. The minimum absolute atomic E-state index is 0.0216. The molecule has 6 aromatic carbocycles. The van der Waals surface area contributed by atoms with Crippen molar-refractivity contribution in [2.75, 3.05) is 17.1 Å². The van der Waals surface area contributed by atoms with Crippen molar-refractivity contribution in [1.82, 2.24) is 4.90 Å². The molecule has 0 heterocycles. The van der Waals surface area contributed by atoms with Crippen molar-refractivity contribution < 1.29 is 51.3 Å². The average Bonchev–Trinajstić information content (AvgIpc) is 3.37. The standard InChI is InChI=1S/C27H24Cl2F2N2O3.C11H12O2.C7H4ClFN.C7H8FN.C2H3ClO2/c28-15-25(34)33(16-18-6-9-21(30)10-7-18)27(26(35)32-24-11-8-20(29)12-23(24)31)13-22(14-27)36-17-19-4-2-1-3-5-19;12-10-6-11(7-10)13-8-9-4-2-1-3-5-9;1-10-7-3-2-5(8)4-6(7)9;8-7-3-1-6(5-9)2-4-7;3-1-2(4)5/h1-12,22H,13-17H2,(H,32,35);1-5,11H,6-8H2;1-4H;1-4H,5,9H2;1H2,(H,4,5)/q;;+1;;. The molecule has 4 N–H and O–H groups in total. The van der Waals surface area contributed by atoms with Gasteiger partial charge in [-0.15, -0.1) is 23.2 Å². The number of nitrogens with zero attached hydrogens (tertiary/aromatic N) is 2. The highest BCUT2D eigenvalue weighted by molar-refractivity contribution is 6.31. The van der Waals surface area contributed by atoms with Gasteiger partial charge in [0.25, 0.3) is 12.5 Å². The predicted molar refractivity (Wildman–Crippen MR) is 276 cm³/mol. The normalized spacial score (nSPS) is 15.2. The lowest BCUT2D eigenvalue weighted by atomic mass is 9.71.